The molecule has 0 aliphatic heterocycles. The molecule has 0 radical (unpaired) electrons. The SMILES string of the molecule is COc1ccc(CNc2ncnc3c(C(=O)Nc4c(C)ccc5c(Nc6cccc(Cl)c6F)nccc45)cc(OC)cc23)c(OC)c1. The lowest BCUT2D eigenvalue weighted by Crippen LogP contribution is -2.15. The molecule has 0 saturated carbocycles. The maximum absolute atomic E-state index is 14.7. The third-order valence-corrected chi connectivity index (χ3v) is 8.02. The number of methoxy groups -OCH3 is 3. The normalized spacial score (nSPS) is 10.9. The van der Waals surface area contributed by atoms with Crippen molar-refractivity contribution in [3.8, 4) is 17.2 Å². The number of amides is 1. The number of nitrogens with one attached hydrogen (secondary N) is 3. The fourth-order valence-corrected chi connectivity index (χ4v) is 5.46. The number of nitrogens with zero attached hydrogens (tertiary/aromatic N) is 3. The van der Waals surface area contributed by atoms with Gasteiger partial charge in [-0.3, -0.25) is 4.79 Å². The summed E-state index contributed by atoms with van der Waals surface area (Å²) in [6, 6.07) is 19.2. The molecule has 1 amide bonds. The Kier molecular flexibility index (Phi) is 8.90. The van der Waals surface area contributed by atoms with Crippen LogP contribution in [0.25, 0.3) is 21.7 Å². The van der Waals surface area contributed by atoms with E-state index in [9.17, 15) is 9.18 Å². The Labute approximate surface area is 274 Å². The van der Waals surface area contributed by atoms with Gasteiger partial charge < -0.3 is 30.2 Å². The summed E-state index contributed by atoms with van der Waals surface area (Å²) in [5, 5.41) is 11.4. The highest BCUT2D eigenvalue weighted by Gasteiger charge is 2.20. The Balaban J connectivity index is 1.35. The van der Waals surface area contributed by atoms with Gasteiger partial charge in [-0.25, -0.2) is 19.3 Å². The lowest BCUT2D eigenvalue weighted by atomic mass is 10.0. The molecule has 238 valence electrons. The summed E-state index contributed by atoms with van der Waals surface area (Å²) < 4.78 is 31.1. The molecular formula is C35H30ClFN6O4. The van der Waals surface area contributed by atoms with Crippen LogP contribution in [0.3, 0.4) is 0 Å². The molecule has 47 heavy (non-hydrogen) atoms. The average molecular weight is 653 g/mol. The number of aromatic nitrogens is 3. The topological polar surface area (TPSA) is 120 Å². The summed E-state index contributed by atoms with van der Waals surface area (Å²) in [6.07, 6.45) is 2.99. The van der Waals surface area contributed by atoms with Crippen molar-refractivity contribution >= 4 is 62.2 Å². The van der Waals surface area contributed by atoms with E-state index in [0.717, 1.165) is 11.1 Å². The molecule has 4 aromatic carbocycles. The zero-order valence-corrected chi connectivity index (χ0v) is 26.7. The van der Waals surface area contributed by atoms with Crippen LogP contribution < -0.4 is 30.2 Å². The highest BCUT2D eigenvalue weighted by molar-refractivity contribution is 6.31. The van der Waals surface area contributed by atoms with Gasteiger partial charge in [-0.2, -0.15) is 0 Å². The minimum Gasteiger partial charge on any atom is -0.497 e. The maximum Gasteiger partial charge on any atom is 0.258 e. The first-order valence-corrected chi connectivity index (χ1v) is 14.9. The van der Waals surface area contributed by atoms with Crippen molar-refractivity contribution in [3.63, 3.8) is 0 Å². The first-order chi connectivity index (χ1) is 22.8. The third kappa shape index (κ3) is 6.25. The predicted molar refractivity (Wildman–Crippen MR) is 182 cm³/mol. The standard InChI is InChI=1S/C35H30ClFN6O4/c1-19-8-11-24-23(12-13-38-34(24)42-28-7-5-6-27(36)30(28)37)31(19)43-35(44)26-15-22(46-3)14-25-32(26)40-18-41-33(25)39-17-20-9-10-21(45-2)16-29(20)47-4/h5-16,18H,17H2,1-4H3,(H,38,42)(H,43,44)(H,39,40,41). The predicted octanol–water partition coefficient (Wildman–Crippen LogP) is 7.91. The van der Waals surface area contributed by atoms with Gasteiger partial charge in [0, 0.05) is 40.5 Å². The molecule has 6 aromatic rings. The lowest BCUT2D eigenvalue weighted by Gasteiger charge is -2.17. The summed E-state index contributed by atoms with van der Waals surface area (Å²) in [5.41, 5.74) is 3.17. The van der Waals surface area contributed by atoms with Gasteiger partial charge in [-0.1, -0.05) is 29.8 Å². The molecular weight excluding hydrogens is 623 g/mol. The number of hydrogen-bond acceptors (Lipinski definition) is 9. The number of rotatable bonds is 10. The number of pyridine rings is 1. The zero-order valence-electron chi connectivity index (χ0n) is 25.9. The molecule has 6 rings (SSSR count). The van der Waals surface area contributed by atoms with E-state index in [4.69, 9.17) is 25.8 Å². The van der Waals surface area contributed by atoms with E-state index in [0.29, 0.717) is 62.8 Å². The van der Waals surface area contributed by atoms with Gasteiger partial charge in [0.25, 0.3) is 5.91 Å². The summed E-state index contributed by atoms with van der Waals surface area (Å²) in [7, 11) is 4.72. The Morgan fingerprint density at radius 2 is 1.68 bits per heavy atom. The zero-order chi connectivity index (χ0) is 33.1. The number of anilines is 4. The molecule has 2 aromatic heterocycles. The van der Waals surface area contributed by atoms with Crippen LogP contribution in [-0.4, -0.2) is 42.2 Å². The van der Waals surface area contributed by atoms with Crippen molar-refractivity contribution in [2.45, 2.75) is 13.5 Å². The van der Waals surface area contributed by atoms with E-state index in [1.54, 1.807) is 56.8 Å². The van der Waals surface area contributed by atoms with Crippen molar-refractivity contribution in [3.05, 3.63) is 107 Å². The largest absolute Gasteiger partial charge is 0.497 e. The van der Waals surface area contributed by atoms with Crippen LogP contribution in [0.15, 0.2) is 79.3 Å². The van der Waals surface area contributed by atoms with Gasteiger partial charge in [0.1, 0.15) is 35.2 Å². The quantitative estimate of drug-likeness (QED) is 0.136. The highest BCUT2D eigenvalue weighted by atomic mass is 35.5. The van der Waals surface area contributed by atoms with Crippen LogP contribution in [0.1, 0.15) is 21.5 Å². The van der Waals surface area contributed by atoms with Gasteiger partial charge in [-0.15, -0.1) is 0 Å². The van der Waals surface area contributed by atoms with Crippen LogP contribution >= 0.6 is 11.6 Å². The van der Waals surface area contributed by atoms with Gasteiger partial charge >= 0.3 is 0 Å². The molecule has 0 atom stereocenters. The molecule has 2 heterocycles. The second kappa shape index (κ2) is 13.4. The lowest BCUT2D eigenvalue weighted by molar-refractivity contribution is 0.102. The van der Waals surface area contributed by atoms with Gasteiger partial charge in [0.2, 0.25) is 0 Å². The van der Waals surface area contributed by atoms with Gasteiger partial charge in [0.05, 0.1) is 48.8 Å². The highest BCUT2D eigenvalue weighted by Crippen LogP contribution is 2.35. The maximum atomic E-state index is 14.7. The number of carbonyl (C=O) groups is 1. The number of fused-ring (bicyclic) bond motifs is 2. The Bertz CT molecular complexity index is 2140. The number of hydrogen-bond donors (Lipinski definition) is 3. The first-order valence-electron chi connectivity index (χ1n) is 14.5. The molecule has 0 saturated heterocycles. The van der Waals surface area contributed by atoms with Crippen molar-refractivity contribution in [1.82, 2.24) is 15.0 Å². The second-order valence-electron chi connectivity index (χ2n) is 10.5. The average Bonchev–Trinajstić information content (AvgIpc) is 3.09. The number of aryl methyl sites for hydroxylation is 1. The minimum atomic E-state index is -0.586. The molecule has 0 fully saturated rings. The number of benzene rings is 4. The number of ether oxygens (including phenoxy) is 3. The molecule has 0 aliphatic carbocycles. The monoisotopic (exact) mass is 652 g/mol. The Hall–Kier alpha value is -5.68. The van der Waals surface area contributed by atoms with Crippen LogP contribution in [0.5, 0.6) is 17.2 Å². The minimum absolute atomic E-state index is 0.00725. The summed E-state index contributed by atoms with van der Waals surface area (Å²) in [4.78, 5) is 27.4. The first kappa shape index (κ1) is 31.3. The van der Waals surface area contributed by atoms with E-state index >= 15 is 0 Å². The van der Waals surface area contributed by atoms with E-state index in [-0.39, 0.29) is 16.3 Å². The van der Waals surface area contributed by atoms with Gasteiger partial charge in [-0.05, 0) is 55.0 Å². The molecule has 0 spiro atoms. The fraction of sp³-hybridized carbons (Fsp3) is 0.143. The molecule has 0 bridgehead atoms. The van der Waals surface area contributed by atoms with E-state index in [2.05, 4.69) is 30.9 Å². The molecule has 0 aliphatic rings. The van der Waals surface area contributed by atoms with E-state index < -0.39 is 11.7 Å². The second-order valence-corrected chi connectivity index (χ2v) is 10.9. The number of halogens is 2. The van der Waals surface area contributed by atoms with Crippen molar-refractivity contribution in [1.29, 1.82) is 0 Å². The third-order valence-electron chi connectivity index (χ3n) is 7.73. The summed E-state index contributed by atoms with van der Waals surface area (Å²) >= 11 is 5.99. The van der Waals surface area contributed by atoms with Crippen molar-refractivity contribution in [2.75, 3.05) is 37.3 Å². The molecule has 3 N–H and O–H groups in total. The van der Waals surface area contributed by atoms with E-state index in [1.165, 1.54) is 19.5 Å². The fourth-order valence-electron chi connectivity index (χ4n) is 5.29. The molecule has 0 unspecified atom stereocenters. The van der Waals surface area contributed by atoms with E-state index in [1.807, 2.05) is 31.2 Å². The van der Waals surface area contributed by atoms with Crippen LogP contribution in [0.4, 0.5) is 27.4 Å². The summed E-state index contributed by atoms with van der Waals surface area (Å²) in [5.74, 6) is 1.72. The molecule has 12 heteroatoms. The van der Waals surface area contributed by atoms with Crippen molar-refractivity contribution in [2.24, 2.45) is 0 Å². The van der Waals surface area contributed by atoms with Crippen LogP contribution in [0, 0.1) is 12.7 Å². The Morgan fingerprint density at radius 1 is 0.851 bits per heavy atom. The van der Waals surface area contributed by atoms with Crippen LogP contribution in [0.2, 0.25) is 5.02 Å². The van der Waals surface area contributed by atoms with Gasteiger partial charge in [0.15, 0.2) is 5.82 Å². The number of carbonyl (C=O) groups excluding carboxylic acids is 1. The smallest absolute Gasteiger partial charge is 0.258 e. The molecule has 10 nitrogen and oxygen atoms in total. The summed E-state index contributed by atoms with van der Waals surface area (Å²) in [6.45, 7) is 2.28. The van der Waals surface area contributed by atoms with Crippen molar-refractivity contribution < 1.29 is 23.4 Å². The Morgan fingerprint density at radius 3 is 2.47 bits per heavy atom. The van der Waals surface area contributed by atoms with Crippen LogP contribution in [-0.2, 0) is 6.54 Å².